The summed E-state index contributed by atoms with van der Waals surface area (Å²) in [6.07, 6.45) is 11.3. The molecule has 0 unspecified atom stereocenters. The van der Waals surface area contributed by atoms with Crippen LogP contribution in [0.1, 0.15) is 70.4 Å². The van der Waals surface area contributed by atoms with Crippen LogP contribution in [0.2, 0.25) is 0 Å². The Kier molecular flexibility index (Phi) is 12.6. The normalized spacial score (nSPS) is 19.0. The molecule has 6 aromatic rings. The molecule has 4 aromatic carbocycles. The number of nitriles is 2. The maximum Gasteiger partial charge on any atom is 0.337 e. The van der Waals surface area contributed by atoms with Crippen LogP contribution in [0.15, 0.2) is 97.6 Å². The quantitative estimate of drug-likeness (QED) is 0.189. The number of carbonyl (C=O) groups excluding carboxylic acids is 2. The van der Waals surface area contributed by atoms with E-state index in [1.807, 2.05) is 62.6 Å². The van der Waals surface area contributed by atoms with Crippen LogP contribution in [0.3, 0.4) is 0 Å². The van der Waals surface area contributed by atoms with E-state index in [-0.39, 0.29) is 11.9 Å². The van der Waals surface area contributed by atoms with Crippen molar-refractivity contribution in [2.24, 2.45) is 0 Å². The van der Waals surface area contributed by atoms with Gasteiger partial charge < -0.3 is 15.0 Å². The largest absolute Gasteiger partial charge is 0.465 e. The molecule has 4 aliphatic rings. The van der Waals surface area contributed by atoms with E-state index in [0.717, 1.165) is 64.6 Å². The van der Waals surface area contributed by atoms with Crippen molar-refractivity contribution in [1.29, 1.82) is 10.5 Å². The van der Waals surface area contributed by atoms with Gasteiger partial charge in [0.05, 0.1) is 58.0 Å². The van der Waals surface area contributed by atoms with Crippen molar-refractivity contribution in [3.05, 3.63) is 120 Å². The van der Waals surface area contributed by atoms with E-state index in [9.17, 15) is 9.59 Å². The molecule has 4 saturated heterocycles. The molecule has 13 heteroatoms. The number of nitrogens with zero attached hydrogens (tertiary/aromatic N) is 9. The fourth-order valence-corrected chi connectivity index (χ4v) is 8.79. The summed E-state index contributed by atoms with van der Waals surface area (Å²) in [6.45, 7) is 9.22. The zero-order valence-electron chi connectivity index (χ0n) is 34.0. The SMILES string of the molecule is C1CCN([C@H]2CCNC2)C1.COC(=O)c1ccc(-n2cnc3cc(C#N)ccc32)cc1.N#Cc1ccc2c(c1)ncn2-c1ccc(C(=O)N2CC[C@H](N3CCCC3)C2)cc1. The fraction of sp³-hybridized carbons (Fsp3) is 0.362. The zero-order chi connectivity index (χ0) is 41.4. The second-order valence-corrected chi connectivity index (χ2v) is 15.8. The van der Waals surface area contributed by atoms with Crippen molar-refractivity contribution in [1.82, 2.24) is 39.1 Å². The molecule has 60 heavy (non-hydrogen) atoms. The predicted molar refractivity (Wildman–Crippen MR) is 230 cm³/mol. The lowest BCUT2D eigenvalue weighted by Crippen LogP contribution is -2.37. The van der Waals surface area contributed by atoms with Crippen molar-refractivity contribution in [3.8, 4) is 23.5 Å². The number of nitrogens with one attached hydrogen (secondary N) is 1. The molecule has 4 fully saturated rings. The molecule has 2 atom stereocenters. The van der Waals surface area contributed by atoms with Gasteiger partial charge in [-0.2, -0.15) is 10.5 Å². The highest BCUT2D eigenvalue weighted by Gasteiger charge is 2.32. The Morgan fingerprint density at radius 3 is 1.67 bits per heavy atom. The first-order chi connectivity index (χ1) is 29.4. The van der Waals surface area contributed by atoms with Crippen LogP contribution in [0.5, 0.6) is 0 Å². The van der Waals surface area contributed by atoms with Gasteiger partial charge in [-0.1, -0.05) is 0 Å². The lowest BCUT2D eigenvalue weighted by Gasteiger charge is -2.23. The Morgan fingerprint density at radius 1 is 0.667 bits per heavy atom. The third kappa shape index (κ3) is 8.94. The molecule has 13 nitrogen and oxygen atoms in total. The molecule has 0 saturated carbocycles. The van der Waals surface area contributed by atoms with Gasteiger partial charge >= 0.3 is 5.97 Å². The number of imidazole rings is 2. The van der Waals surface area contributed by atoms with E-state index in [0.29, 0.717) is 22.7 Å². The Bertz CT molecular complexity index is 2500. The fourth-order valence-electron chi connectivity index (χ4n) is 8.79. The number of likely N-dealkylation sites (tertiary alicyclic amines) is 3. The van der Waals surface area contributed by atoms with Gasteiger partial charge in [-0.15, -0.1) is 0 Å². The number of carbonyl (C=O) groups is 2. The third-order valence-electron chi connectivity index (χ3n) is 12.1. The maximum absolute atomic E-state index is 12.9. The minimum absolute atomic E-state index is 0.118. The highest BCUT2D eigenvalue weighted by Crippen LogP contribution is 2.25. The lowest BCUT2D eigenvalue weighted by molar-refractivity contribution is 0.0600. The Balaban J connectivity index is 0.000000140. The first-order valence-electron chi connectivity index (χ1n) is 20.9. The standard InChI is InChI=1S/C23H23N5O.C16H11N3O2.C8H16N2/c24-14-17-3-8-22-21(13-17)25-16-28(22)19-6-4-18(5-7-19)23(29)27-12-9-20(15-27)26-10-1-2-11-26;1-21-16(20)12-3-5-13(6-4-12)19-10-18-14-8-11(9-17)2-7-15(14)19;1-2-6-10(5-1)8-3-4-9-7-8/h3-8,13,16,20H,1-2,9-12,15H2;2-8,10H,1H3;8-9H,1-7H2/t20-;;8-/m0.0/s1. The first-order valence-corrected chi connectivity index (χ1v) is 20.9. The van der Waals surface area contributed by atoms with E-state index < -0.39 is 0 Å². The predicted octanol–water partition coefficient (Wildman–Crippen LogP) is 6.34. The van der Waals surface area contributed by atoms with Crippen LogP contribution < -0.4 is 5.32 Å². The highest BCUT2D eigenvalue weighted by molar-refractivity contribution is 5.94. The van der Waals surface area contributed by atoms with Crippen LogP contribution >= 0.6 is 0 Å². The van der Waals surface area contributed by atoms with Gasteiger partial charge in [0.25, 0.3) is 5.91 Å². The zero-order valence-corrected chi connectivity index (χ0v) is 34.0. The lowest BCUT2D eigenvalue weighted by atomic mass is 10.1. The number of esters is 1. The second-order valence-electron chi connectivity index (χ2n) is 15.8. The molecule has 0 spiro atoms. The number of ether oxygens (including phenoxy) is 1. The summed E-state index contributed by atoms with van der Waals surface area (Å²) < 4.78 is 8.55. The van der Waals surface area contributed by atoms with Gasteiger partial charge in [0.2, 0.25) is 0 Å². The van der Waals surface area contributed by atoms with E-state index in [4.69, 9.17) is 10.5 Å². The van der Waals surface area contributed by atoms with Crippen molar-refractivity contribution < 1.29 is 14.3 Å². The van der Waals surface area contributed by atoms with Crippen LogP contribution in [-0.2, 0) is 4.74 Å². The second kappa shape index (κ2) is 18.7. The summed E-state index contributed by atoms with van der Waals surface area (Å²) in [6, 6.07) is 31.3. The number of hydrogen-bond acceptors (Lipinski definition) is 10. The minimum atomic E-state index is -0.365. The number of benzene rings is 4. The van der Waals surface area contributed by atoms with Gasteiger partial charge in [0.15, 0.2) is 0 Å². The summed E-state index contributed by atoms with van der Waals surface area (Å²) in [5.74, 6) is -0.247. The van der Waals surface area contributed by atoms with Gasteiger partial charge in [0, 0.05) is 48.7 Å². The third-order valence-corrected chi connectivity index (χ3v) is 12.1. The monoisotopic (exact) mass is 802 g/mol. The molecular formula is C47H50N10O3. The number of fused-ring (bicyclic) bond motifs is 2. The topological polar surface area (TPSA) is 148 Å². The summed E-state index contributed by atoms with van der Waals surface area (Å²) in [5.41, 5.74) is 7.62. The summed E-state index contributed by atoms with van der Waals surface area (Å²) in [5, 5.41) is 21.4. The smallest absolute Gasteiger partial charge is 0.337 e. The van der Waals surface area contributed by atoms with E-state index in [1.54, 1.807) is 49.1 Å². The van der Waals surface area contributed by atoms with Crippen LogP contribution in [0.25, 0.3) is 33.4 Å². The van der Waals surface area contributed by atoms with Crippen molar-refractivity contribution in [3.63, 3.8) is 0 Å². The molecule has 306 valence electrons. The summed E-state index contributed by atoms with van der Waals surface area (Å²) in [4.78, 5) is 40.2. The highest BCUT2D eigenvalue weighted by atomic mass is 16.5. The van der Waals surface area contributed by atoms with Gasteiger partial charge in [-0.25, -0.2) is 14.8 Å². The molecule has 2 aromatic heterocycles. The van der Waals surface area contributed by atoms with E-state index >= 15 is 0 Å². The van der Waals surface area contributed by atoms with Gasteiger partial charge in [-0.3, -0.25) is 23.7 Å². The minimum Gasteiger partial charge on any atom is -0.465 e. The molecule has 1 N–H and O–H groups in total. The number of aromatic nitrogens is 4. The molecule has 10 rings (SSSR count). The number of hydrogen-bond donors (Lipinski definition) is 1. The van der Waals surface area contributed by atoms with Crippen molar-refractivity contribution in [2.75, 3.05) is 59.5 Å². The molecule has 0 radical (unpaired) electrons. The molecule has 0 aliphatic carbocycles. The van der Waals surface area contributed by atoms with Crippen molar-refractivity contribution >= 4 is 33.9 Å². The van der Waals surface area contributed by atoms with Crippen LogP contribution in [0, 0.1) is 22.7 Å². The Hall–Kier alpha value is -6.38. The summed E-state index contributed by atoms with van der Waals surface area (Å²) >= 11 is 0. The average Bonchev–Trinajstić information content (AvgIpc) is 4.16. The van der Waals surface area contributed by atoms with Crippen molar-refractivity contribution in [2.45, 2.75) is 50.6 Å². The Labute approximate surface area is 350 Å². The van der Waals surface area contributed by atoms with Gasteiger partial charge in [-0.05, 0) is 156 Å². The van der Waals surface area contributed by atoms with Gasteiger partial charge in [0.1, 0.15) is 12.7 Å². The summed E-state index contributed by atoms with van der Waals surface area (Å²) in [7, 11) is 1.35. The maximum atomic E-state index is 12.9. The van der Waals surface area contributed by atoms with Crippen LogP contribution in [-0.4, -0.2) is 117 Å². The molecule has 4 aliphatic heterocycles. The van der Waals surface area contributed by atoms with E-state index in [2.05, 4.69) is 42.0 Å². The first kappa shape index (κ1) is 40.4. The molecule has 0 bridgehead atoms. The van der Waals surface area contributed by atoms with E-state index in [1.165, 1.54) is 78.5 Å². The number of methoxy groups -OCH3 is 1. The molecule has 6 heterocycles. The number of rotatable bonds is 6. The average molecular weight is 803 g/mol. The molecule has 1 amide bonds. The van der Waals surface area contributed by atoms with Crippen LogP contribution in [0.4, 0.5) is 0 Å². The molecular weight excluding hydrogens is 753 g/mol. The Morgan fingerprint density at radius 2 is 1.18 bits per heavy atom. The number of amides is 1.